The normalized spacial score (nSPS) is 31.5. The van der Waals surface area contributed by atoms with E-state index in [-0.39, 0.29) is 24.4 Å². The second kappa shape index (κ2) is 10.5. The minimum absolute atomic E-state index is 0.265. The topological polar surface area (TPSA) is 47.9 Å². The molecule has 2 saturated carbocycles. The van der Waals surface area contributed by atoms with E-state index in [1.807, 2.05) is 18.2 Å². The van der Waals surface area contributed by atoms with E-state index in [9.17, 15) is 5.11 Å². The zero-order valence-corrected chi connectivity index (χ0v) is 17.9. The van der Waals surface area contributed by atoms with Crippen LogP contribution in [0.3, 0.4) is 0 Å². The standard InChI is InChI=1S/C25H36O4/c1-19-16-22(26)13-14-25(29-18-27-3)20(2)11-12-23(19)24(25)10-7-15-28-17-21-8-5-4-6-9-21/h4-6,8-10,20,22-23,26H,1,7,11-18H2,2-3H3/b24-10+/t20-,22-,23-,25-/m1/s1. The highest BCUT2D eigenvalue weighted by atomic mass is 16.7. The summed E-state index contributed by atoms with van der Waals surface area (Å²) in [7, 11) is 1.67. The van der Waals surface area contributed by atoms with Crippen molar-refractivity contribution in [2.75, 3.05) is 20.5 Å². The van der Waals surface area contributed by atoms with E-state index in [2.05, 4.69) is 31.7 Å². The number of fused-ring (bicyclic) bond motifs is 2. The molecular weight excluding hydrogens is 364 g/mol. The molecule has 0 radical (unpaired) electrons. The Morgan fingerprint density at radius 1 is 1.21 bits per heavy atom. The molecule has 2 aliphatic rings. The Morgan fingerprint density at radius 2 is 2.00 bits per heavy atom. The van der Waals surface area contributed by atoms with Gasteiger partial charge in [-0.25, -0.2) is 0 Å². The lowest BCUT2D eigenvalue weighted by Gasteiger charge is -2.50. The van der Waals surface area contributed by atoms with Gasteiger partial charge in [0.2, 0.25) is 0 Å². The van der Waals surface area contributed by atoms with E-state index in [1.54, 1.807) is 7.11 Å². The van der Waals surface area contributed by atoms with Crippen molar-refractivity contribution in [3.05, 3.63) is 59.7 Å². The first-order valence-electron chi connectivity index (χ1n) is 10.9. The Hall–Kier alpha value is -1.46. The van der Waals surface area contributed by atoms with Crippen LogP contribution < -0.4 is 0 Å². The molecule has 0 aliphatic heterocycles. The molecule has 3 rings (SSSR count). The minimum atomic E-state index is -0.386. The molecule has 0 heterocycles. The molecule has 0 amide bonds. The van der Waals surface area contributed by atoms with Crippen LogP contribution in [0, 0.1) is 11.8 Å². The van der Waals surface area contributed by atoms with Gasteiger partial charge in [-0.05, 0) is 55.6 Å². The Balaban J connectivity index is 1.75. The van der Waals surface area contributed by atoms with Gasteiger partial charge < -0.3 is 19.3 Å². The van der Waals surface area contributed by atoms with Crippen LogP contribution in [0.15, 0.2) is 54.1 Å². The molecule has 4 heteroatoms. The molecule has 0 saturated heterocycles. The Morgan fingerprint density at radius 3 is 2.76 bits per heavy atom. The zero-order valence-electron chi connectivity index (χ0n) is 17.9. The zero-order chi connectivity index (χ0) is 20.7. The third-order valence-electron chi connectivity index (χ3n) is 6.56. The molecule has 2 fully saturated rings. The van der Waals surface area contributed by atoms with Crippen LogP contribution in [0.5, 0.6) is 0 Å². The molecule has 0 spiro atoms. The van der Waals surface area contributed by atoms with Gasteiger partial charge in [0, 0.05) is 13.0 Å². The number of methoxy groups -OCH3 is 1. The molecule has 0 unspecified atom stereocenters. The van der Waals surface area contributed by atoms with Gasteiger partial charge in [-0.3, -0.25) is 0 Å². The van der Waals surface area contributed by atoms with E-state index in [0.29, 0.717) is 25.6 Å². The first-order chi connectivity index (χ1) is 14.1. The van der Waals surface area contributed by atoms with Crippen LogP contribution in [0.4, 0.5) is 0 Å². The van der Waals surface area contributed by atoms with Crippen molar-refractivity contribution >= 4 is 0 Å². The van der Waals surface area contributed by atoms with Gasteiger partial charge in [0.1, 0.15) is 6.79 Å². The fraction of sp³-hybridized carbons (Fsp3) is 0.600. The van der Waals surface area contributed by atoms with Crippen LogP contribution in [-0.2, 0) is 20.8 Å². The van der Waals surface area contributed by atoms with Gasteiger partial charge in [0.05, 0.1) is 24.9 Å². The lowest BCUT2D eigenvalue weighted by atomic mass is 9.61. The molecular formula is C25H36O4. The first kappa shape index (κ1) is 22.2. The molecule has 4 nitrogen and oxygen atoms in total. The van der Waals surface area contributed by atoms with E-state index in [1.165, 1.54) is 11.1 Å². The second-order valence-corrected chi connectivity index (χ2v) is 8.51. The molecule has 1 aromatic carbocycles. The molecule has 2 aliphatic carbocycles. The summed E-state index contributed by atoms with van der Waals surface area (Å²) in [5, 5.41) is 10.4. The van der Waals surface area contributed by atoms with Crippen LogP contribution in [-0.4, -0.2) is 37.3 Å². The van der Waals surface area contributed by atoms with Crippen molar-refractivity contribution in [3.63, 3.8) is 0 Å². The van der Waals surface area contributed by atoms with Crippen molar-refractivity contribution in [1.82, 2.24) is 0 Å². The predicted octanol–water partition coefficient (Wildman–Crippen LogP) is 5.03. The van der Waals surface area contributed by atoms with Crippen molar-refractivity contribution in [2.45, 2.75) is 63.8 Å². The fourth-order valence-corrected chi connectivity index (χ4v) is 4.97. The van der Waals surface area contributed by atoms with Gasteiger partial charge in [0.25, 0.3) is 0 Å². The number of hydrogen-bond donors (Lipinski definition) is 1. The lowest BCUT2D eigenvalue weighted by Crippen LogP contribution is -2.49. The average Bonchev–Trinajstić information content (AvgIpc) is 2.72. The lowest BCUT2D eigenvalue weighted by molar-refractivity contribution is -0.154. The second-order valence-electron chi connectivity index (χ2n) is 8.51. The number of ether oxygens (including phenoxy) is 3. The van der Waals surface area contributed by atoms with Gasteiger partial charge in [-0.1, -0.05) is 55.5 Å². The highest BCUT2D eigenvalue weighted by Crippen LogP contribution is 2.51. The third-order valence-corrected chi connectivity index (χ3v) is 6.56. The van der Waals surface area contributed by atoms with E-state index in [0.717, 1.165) is 37.7 Å². The fourth-order valence-electron chi connectivity index (χ4n) is 4.97. The van der Waals surface area contributed by atoms with E-state index in [4.69, 9.17) is 14.2 Å². The molecule has 2 bridgehead atoms. The molecule has 160 valence electrons. The largest absolute Gasteiger partial charge is 0.393 e. The van der Waals surface area contributed by atoms with E-state index >= 15 is 0 Å². The quantitative estimate of drug-likeness (QED) is 0.378. The minimum Gasteiger partial charge on any atom is -0.393 e. The summed E-state index contributed by atoms with van der Waals surface area (Å²) < 4.78 is 17.6. The highest BCUT2D eigenvalue weighted by Gasteiger charge is 2.48. The molecule has 1 N–H and O–H groups in total. The summed E-state index contributed by atoms with van der Waals surface area (Å²) >= 11 is 0. The van der Waals surface area contributed by atoms with Crippen molar-refractivity contribution in [1.29, 1.82) is 0 Å². The van der Waals surface area contributed by atoms with Gasteiger partial charge in [-0.2, -0.15) is 0 Å². The smallest absolute Gasteiger partial charge is 0.147 e. The number of benzene rings is 1. The summed E-state index contributed by atoms with van der Waals surface area (Å²) in [5.41, 5.74) is 3.27. The summed E-state index contributed by atoms with van der Waals surface area (Å²) in [4.78, 5) is 0. The SMILES string of the molecule is C=C1C[C@H](O)CC[C@]2(OCOC)/C(=C/CCOCc3ccccc3)[C@@H]1CC[C@H]2C. The molecule has 4 atom stereocenters. The summed E-state index contributed by atoms with van der Waals surface area (Å²) in [6.45, 7) is 8.18. The van der Waals surface area contributed by atoms with Crippen LogP contribution in [0.25, 0.3) is 0 Å². The summed E-state index contributed by atoms with van der Waals surface area (Å²) in [6.07, 6.45) is 7.23. The summed E-state index contributed by atoms with van der Waals surface area (Å²) in [6, 6.07) is 10.3. The Kier molecular flexibility index (Phi) is 8.07. The Labute approximate surface area is 175 Å². The monoisotopic (exact) mass is 400 g/mol. The van der Waals surface area contributed by atoms with Crippen molar-refractivity contribution in [3.8, 4) is 0 Å². The third kappa shape index (κ3) is 5.37. The number of rotatable bonds is 8. The van der Waals surface area contributed by atoms with Gasteiger partial charge in [-0.15, -0.1) is 0 Å². The van der Waals surface area contributed by atoms with Gasteiger partial charge in [0.15, 0.2) is 0 Å². The molecule has 29 heavy (non-hydrogen) atoms. The molecule has 1 aromatic rings. The van der Waals surface area contributed by atoms with Crippen LogP contribution in [0.2, 0.25) is 0 Å². The summed E-state index contributed by atoms with van der Waals surface area (Å²) in [5.74, 6) is 0.649. The maximum Gasteiger partial charge on any atom is 0.147 e. The Bertz CT molecular complexity index is 683. The van der Waals surface area contributed by atoms with Crippen molar-refractivity contribution in [2.24, 2.45) is 11.8 Å². The predicted molar refractivity (Wildman–Crippen MR) is 115 cm³/mol. The van der Waals surface area contributed by atoms with E-state index < -0.39 is 0 Å². The number of aliphatic hydroxyl groups is 1. The maximum absolute atomic E-state index is 10.4. The van der Waals surface area contributed by atoms with Gasteiger partial charge >= 0.3 is 0 Å². The number of aliphatic hydroxyl groups excluding tert-OH is 1. The van der Waals surface area contributed by atoms with Crippen molar-refractivity contribution < 1.29 is 19.3 Å². The van der Waals surface area contributed by atoms with Crippen LogP contribution >= 0.6 is 0 Å². The maximum atomic E-state index is 10.4. The first-order valence-corrected chi connectivity index (χ1v) is 10.9. The number of hydrogen-bond acceptors (Lipinski definition) is 4. The average molecular weight is 401 g/mol. The van der Waals surface area contributed by atoms with Crippen LogP contribution in [0.1, 0.15) is 51.0 Å². The molecule has 0 aromatic heterocycles. The highest BCUT2D eigenvalue weighted by molar-refractivity contribution is 5.33.